The molecule has 204 valence electrons. The van der Waals surface area contributed by atoms with E-state index in [9.17, 15) is 13.2 Å². The molecule has 0 aromatic heterocycles. The number of rotatable bonds is 6. The Kier molecular flexibility index (Phi) is 6.08. The number of ether oxygens (including phenoxy) is 6. The van der Waals surface area contributed by atoms with Crippen molar-refractivity contribution in [2.45, 2.75) is 36.3 Å². The molecule has 38 heavy (non-hydrogen) atoms. The van der Waals surface area contributed by atoms with Crippen LogP contribution < -0.4 is 23.7 Å². The summed E-state index contributed by atoms with van der Waals surface area (Å²) in [5.74, 6) is 1.000. The largest absolute Gasteiger partial charge is 0.493 e. The number of methoxy groups -OCH3 is 3. The number of hydrogen-bond donors (Lipinski definition) is 0. The van der Waals surface area contributed by atoms with E-state index in [1.165, 1.54) is 25.6 Å². The number of nitrogens with zero attached hydrogens (tertiary/aromatic N) is 2. The summed E-state index contributed by atoms with van der Waals surface area (Å²) in [6, 6.07) is 2.96. The average Bonchev–Trinajstić information content (AvgIpc) is 3.68. The summed E-state index contributed by atoms with van der Waals surface area (Å²) >= 11 is 0. The Morgan fingerprint density at radius 2 is 1.66 bits per heavy atom. The standard InChI is InChI=1S/C26H30N2O9S/c1-27-12-9-15-17(19(27)20-14-7-8-16(32-2)21(33-3)18(14)26(29)37-20)22(34-4)23-24(36-13-35-23)25(15)38(30,31)28-10-5-6-11-28/h7-8,19-20H,5-6,9-13H2,1-4H3/t19-,20?/m1/s1. The van der Waals surface area contributed by atoms with Crippen LogP contribution >= 0.6 is 0 Å². The number of likely N-dealkylation sites (N-methyl/N-ethyl adjacent to an activating group) is 1. The van der Waals surface area contributed by atoms with E-state index in [0.717, 1.165) is 12.8 Å². The number of esters is 1. The first-order valence-corrected chi connectivity index (χ1v) is 14.0. The first-order valence-electron chi connectivity index (χ1n) is 12.5. The van der Waals surface area contributed by atoms with Crippen molar-refractivity contribution in [1.29, 1.82) is 0 Å². The molecule has 0 saturated carbocycles. The van der Waals surface area contributed by atoms with Crippen molar-refractivity contribution in [2.24, 2.45) is 0 Å². The lowest BCUT2D eigenvalue weighted by Crippen LogP contribution is -2.38. The van der Waals surface area contributed by atoms with Gasteiger partial charge >= 0.3 is 5.97 Å². The van der Waals surface area contributed by atoms with Crippen molar-refractivity contribution in [1.82, 2.24) is 9.21 Å². The van der Waals surface area contributed by atoms with Gasteiger partial charge in [-0.15, -0.1) is 0 Å². The van der Waals surface area contributed by atoms with Gasteiger partial charge in [-0.25, -0.2) is 13.2 Å². The number of carbonyl (C=O) groups is 1. The fourth-order valence-corrected chi connectivity index (χ4v) is 8.03. The van der Waals surface area contributed by atoms with Gasteiger partial charge in [0.2, 0.25) is 22.6 Å². The van der Waals surface area contributed by atoms with E-state index in [4.69, 9.17) is 28.4 Å². The first kappa shape index (κ1) is 25.1. The molecule has 0 N–H and O–H groups in total. The molecule has 1 saturated heterocycles. The van der Waals surface area contributed by atoms with Gasteiger partial charge in [-0.1, -0.05) is 6.07 Å². The fraction of sp³-hybridized carbons (Fsp3) is 0.500. The Morgan fingerprint density at radius 1 is 0.947 bits per heavy atom. The lowest BCUT2D eigenvalue weighted by Gasteiger charge is -2.39. The maximum absolute atomic E-state index is 14.0. The third-order valence-electron chi connectivity index (χ3n) is 7.83. The maximum Gasteiger partial charge on any atom is 0.343 e. The Bertz CT molecular complexity index is 1420. The van der Waals surface area contributed by atoms with E-state index in [2.05, 4.69) is 0 Å². The molecule has 12 heteroatoms. The molecule has 1 fully saturated rings. The molecule has 1 unspecified atom stereocenters. The molecular formula is C26H30N2O9S. The van der Waals surface area contributed by atoms with E-state index in [-0.39, 0.29) is 23.2 Å². The molecule has 11 nitrogen and oxygen atoms in total. The zero-order valence-corrected chi connectivity index (χ0v) is 22.6. The lowest BCUT2D eigenvalue weighted by atomic mass is 9.85. The van der Waals surface area contributed by atoms with Gasteiger partial charge in [0.1, 0.15) is 16.6 Å². The van der Waals surface area contributed by atoms with Gasteiger partial charge in [-0.05, 0) is 37.9 Å². The monoisotopic (exact) mass is 546 g/mol. The van der Waals surface area contributed by atoms with Crippen LogP contribution in [0.25, 0.3) is 0 Å². The average molecular weight is 547 g/mol. The van der Waals surface area contributed by atoms with Crippen molar-refractivity contribution in [3.8, 4) is 28.7 Å². The Hall–Kier alpha value is -3.22. The predicted octanol–water partition coefficient (Wildman–Crippen LogP) is 2.67. The molecule has 0 aliphatic carbocycles. The second-order valence-corrected chi connectivity index (χ2v) is 11.6. The second-order valence-electron chi connectivity index (χ2n) is 9.70. The second kappa shape index (κ2) is 9.21. The van der Waals surface area contributed by atoms with E-state index in [0.29, 0.717) is 65.6 Å². The minimum Gasteiger partial charge on any atom is -0.493 e. The van der Waals surface area contributed by atoms with Crippen LogP contribution in [0.4, 0.5) is 0 Å². The minimum atomic E-state index is -3.88. The summed E-state index contributed by atoms with van der Waals surface area (Å²) in [6.07, 6.45) is 1.31. The highest BCUT2D eigenvalue weighted by atomic mass is 32.2. The Labute approximate surface area is 221 Å². The fourth-order valence-electron chi connectivity index (χ4n) is 6.12. The van der Waals surface area contributed by atoms with Crippen molar-refractivity contribution < 1.29 is 41.6 Å². The van der Waals surface area contributed by atoms with Crippen LogP contribution in [0.2, 0.25) is 0 Å². The topological polar surface area (TPSA) is 113 Å². The molecule has 0 bridgehead atoms. The highest BCUT2D eigenvalue weighted by Crippen LogP contribution is 2.58. The molecule has 4 aliphatic rings. The van der Waals surface area contributed by atoms with E-state index >= 15 is 0 Å². The number of benzene rings is 2. The van der Waals surface area contributed by atoms with Gasteiger partial charge in [0.05, 0.1) is 27.4 Å². The van der Waals surface area contributed by atoms with Crippen LogP contribution in [-0.4, -0.2) is 78.4 Å². The third-order valence-corrected chi connectivity index (χ3v) is 9.82. The van der Waals surface area contributed by atoms with Gasteiger partial charge in [0.15, 0.2) is 23.0 Å². The minimum absolute atomic E-state index is 0.115. The summed E-state index contributed by atoms with van der Waals surface area (Å²) in [4.78, 5) is 15.3. The highest BCUT2D eigenvalue weighted by molar-refractivity contribution is 7.89. The molecule has 2 atom stereocenters. The Balaban J connectivity index is 1.59. The normalized spacial score (nSPS) is 22.7. The number of sulfonamides is 1. The maximum atomic E-state index is 14.0. The number of hydrogen-bond acceptors (Lipinski definition) is 10. The molecule has 0 amide bonds. The predicted molar refractivity (Wildman–Crippen MR) is 134 cm³/mol. The molecule has 6 rings (SSSR count). The molecule has 0 radical (unpaired) electrons. The molecule has 4 heterocycles. The molecular weight excluding hydrogens is 516 g/mol. The smallest absolute Gasteiger partial charge is 0.343 e. The number of carbonyl (C=O) groups excluding carboxylic acids is 1. The highest BCUT2D eigenvalue weighted by Gasteiger charge is 2.49. The summed E-state index contributed by atoms with van der Waals surface area (Å²) in [6.45, 7) is 1.32. The van der Waals surface area contributed by atoms with Gasteiger partial charge in [0, 0.05) is 30.8 Å². The first-order chi connectivity index (χ1) is 18.3. The quantitative estimate of drug-likeness (QED) is 0.501. The van der Waals surface area contributed by atoms with E-state index in [1.807, 2.05) is 11.9 Å². The SMILES string of the molecule is COc1ccc2c(c1OC)C(=O)OC2[C@H]1c2c(c(S(=O)(=O)N3CCCC3)c3c(c2OC)OCO3)CCN1C. The summed E-state index contributed by atoms with van der Waals surface area (Å²) in [7, 11) is 2.53. The number of cyclic esters (lactones) is 1. The molecule has 4 aliphatic heterocycles. The van der Waals surface area contributed by atoms with Crippen LogP contribution in [0.1, 0.15) is 52.0 Å². The summed E-state index contributed by atoms with van der Waals surface area (Å²) in [5, 5.41) is 0. The summed E-state index contributed by atoms with van der Waals surface area (Å²) < 4.78 is 63.8. The van der Waals surface area contributed by atoms with Crippen LogP contribution in [0.15, 0.2) is 17.0 Å². The van der Waals surface area contributed by atoms with Gasteiger partial charge < -0.3 is 28.4 Å². The lowest BCUT2D eigenvalue weighted by molar-refractivity contribution is 0.00855. The molecule has 0 spiro atoms. The van der Waals surface area contributed by atoms with Crippen LogP contribution in [0.5, 0.6) is 28.7 Å². The van der Waals surface area contributed by atoms with Crippen molar-refractivity contribution >= 4 is 16.0 Å². The third kappa shape index (κ3) is 3.46. The summed E-state index contributed by atoms with van der Waals surface area (Å²) in [5.41, 5.74) is 2.14. The molecule has 2 aromatic carbocycles. The number of fused-ring (bicyclic) bond motifs is 3. The van der Waals surface area contributed by atoms with Crippen molar-refractivity contribution in [3.05, 3.63) is 34.4 Å². The Morgan fingerprint density at radius 3 is 2.34 bits per heavy atom. The van der Waals surface area contributed by atoms with Crippen LogP contribution in [0, 0.1) is 0 Å². The van der Waals surface area contributed by atoms with Crippen molar-refractivity contribution in [3.63, 3.8) is 0 Å². The zero-order valence-electron chi connectivity index (χ0n) is 21.7. The van der Waals surface area contributed by atoms with Crippen LogP contribution in [0.3, 0.4) is 0 Å². The van der Waals surface area contributed by atoms with Gasteiger partial charge in [-0.2, -0.15) is 4.31 Å². The zero-order chi connectivity index (χ0) is 26.8. The van der Waals surface area contributed by atoms with Gasteiger partial charge in [-0.3, -0.25) is 4.90 Å². The van der Waals surface area contributed by atoms with Gasteiger partial charge in [0.25, 0.3) is 0 Å². The van der Waals surface area contributed by atoms with Crippen molar-refractivity contribution in [2.75, 3.05) is 54.8 Å². The molecule has 2 aromatic rings. The van der Waals surface area contributed by atoms with E-state index < -0.39 is 28.1 Å². The van der Waals surface area contributed by atoms with E-state index in [1.54, 1.807) is 12.1 Å². The van der Waals surface area contributed by atoms with Crippen LogP contribution in [-0.2, 0) is 21.2 Å².